The molecule has 0 aliphatic carbocycles. The molecule has 0 saturated carbocycles. The topological polar surface area (TPSA) is 70.2 Å². The summed E-state index contributed by atoms with van der Waals surface area (Å²) in [6, 6.07) is 3.45. The van der Waals surface area contributed by atoms with Gasteiger partial charge in [-0.1, -0.05) is 0 Å². The third-order valence-electron chi connectivity index (χ3n) is 2.53. The number of halogens is 1. The number of rotatable bonds is 5. The molecule has 1 heterocycles. The number of aromatic nitrogens is 2. The molecule has 2 rings (SSSR count). The molecule has 0 N–H and O–H groups in total. The Morgan fingerprint density at radius 2 is 2.32 bits per heavy atom. The van der Waals surface area contributed by atoms with Crippen molar-refractivity contribution in [2.24, 2.45) is 0 Å². The first-order chi connectivity index (χ1) is 9.10. The Balaban J connectivity index is 2.03. The first-order valence-electron chi connectivity index (χ1n) is 5.68. The molecule has 0 aliphatic heterocycles. The molecule has 2 aromatic rings. The Labute approximate surface area is 108 Å². The highest BCUT2D eigenvalue weighted by Crippen LogP contribution is 2.22. The molecule has 7 heteroatoms. The van der Waals surface area contributed by atoms with Crippen LogP contribution in [0.15, 0.2) is 30.6 Å². The van der Waals surface area contributed by atoms with Crippen LogP contribution in [0, 0.1) is 15.9 Å². The van der Waals surface area contributed by atoms with Crippen LogP contribution in [-0.2, 0) is 13.2 Å². The van der Waals surface area contributed by atoms with Gasteiger partial charge < -0.3 is 4.74 Å². The van der Waals surface area contributed by atoms with Crippen molar-refractivity contribution >= 4 is 5.69 Å². The monoisotopic (exact) mass is 265 g/mol. The van der Waals surface area contributed by atoms with Gasteiger partial charge in [0.15, 0.2) is 0 Å². The highest BCUT2D eigenvalue weighted by molar-refractivity contribution is 5.38. The summed E-state index contributed by atoms with van der Waals surface area (Å²) in [6.07, 6.45) is 3.48. The molecule has 0 unspecified atom stereocenters. The molecule has 0 radical (unpaired) electrons. The molecule has 0 bridgehead atoms. The summed E-state index contributed by atoms with van der Waals surface area (Å²) in [5, 5.41) is 14.5. The lowest BCUT2D eigenvalue weighted by Crippen LogP contribution is -1.97. The predicted molar refractivity (Wildman–Crippen MR) is 65.3 cm³/mol. The highest BCUT2D eigenvalue weighted by Gasteiger charge is 2.14. The number of nitrogens with zero attached hydrogens (tertiary/aromatic N) is 3. The van der Waals surface area contributed by atoms with Gasteiger partial charge in [-0.3, -0.25) is 14.8 Å². The smallest absolute Gasteiger partial charge is 0.305 e. The number of benzene rings is 1. The molecule has 0 amide bonds. The van der Waals surface area contributed by atoms with Crippen LogP contribution in [0.4, 0.5) is 10.1 Å². The Morgan fingerprint density at radius 3 is 2.89 bits per heavy atom. The minimum Gasteiger partial charge on any atom is -0.489 e. The zero-order chi connectivity index (χ0) is 13.8. The molecule has 19 heavy (non-hydrogen) atoms. The maximum Gasteiger partial charge on any atom is 0.305 e. The lowest BCUT2D eigenvalue weighted by molar-refractivity contribution is -0.387. The van der Waals surface area contributed by atoms with Gasteiger partial charge in [-0.05, 0) is 13.0 Å². The third-order valence-corrected chi connectivity index (χ3v) is 2.53. The van der Waals surface area contributed by atoms with Gasteiger partial charge in [-0.25, -0.2) is 0 Å². The number of hydrogen-bond acceptors (Lipinski definition) is 4. The molecule has 0 spiro atoms. The second-order valence-electron chi connectivity index (χ2n) is 3.86. The van der Waals surface area contributed by atoms with Crippen molar-refractivity contribution in [3.8, 4) is 5.75 Å². The van der Waals surface area contributed by atoms with Crippen LogP contribution < -0.4 is 4.74 Å². The van der Waals surface area contributed by atoms with E-state index in [-0.39, 0.29) is 12.4 Å². The minimum absolute atomic E-state index is 0.233. The lowest BCUT2D eigenvalue weighted by atomic mass is 10.3. The Morgan fingerprint density at radius 1 is 1.53 bits per heavy atom. The van der Waals surface area contributed by atoms with Crippen molar-refractivity contribution in [2.75, 3.05) is 0 Å². The van der Waals surface area contributed by atoms with Gasteiger partial charge in [-0.15, -0.1) is 0 Å². The van der Waals surface area contributed by atoms with E-state index < -0.39 is 16.4 Å². The number of nitro benzene ring substituents is 1. The van der Waals surface area contributed by atoms with Crippen LogP contribution >= 0.6 is 0 Å². The molecule has 6 nitrogen and oxygen atoms in total. The average Bonchev–Trinajstić information content (AvgIpc) is 2.84. The van der Waals surface area contributed by atoms with E-state index in [2.05, 4.69) is 5.10 Å². The summed E-state index contributed by atoms with van der Waals surface area (Å²) < 4.78 is 20.4. The van der Waals surface area contributed by atoms with Gasteiger partial charge >= 0.3 is 5.69 Å². The summed E-state index contributed by atoms with van der Waals surface area (Å²) in [5.41, 5.74) is 0.284. The third kappa shape index (κ3) is 3.06. The van der Waals surface area contributed by atoms with Crippen molar-refractivity contribution in [3.63, 3.8) is 0 Å². The Hall–Kier alpha value is -2.44. The molecule has 0 aliphatic rings. The Bertz CT molecular complexity index is 598. The first-order valence-corrected chi connectivity index (χ1v) is 5.68. The van der Waals surface area contributed by atoms with Crippen LogP contribution in [0.25, 0.3) is 0 Å². The van der Waals surface area contributed by atoms with E-state index in [4.69, 9.17) is 4.74 Å². The summed E-state index contributed by atoms with van der Waals surface area (Å²) >= 11 is 0. The van der Waals surface area contributed by atoms with E-state index in [1.54, 1.807) is 10.9 Å². The molecule has 0 fully saturated rings. The normalized spacial score (nSPS) is 10.4. The van der Waals surface area contributed by atoms with Gasteiger partial charge in [0.25, 0.3) is 0 Å². The maximum atomic E-state index is 13.3. The molecule has 1 aromatic heterocycles. The van der Waals surface area contributed by atoms with Crippen molar-refractivity contribution in [2.45, 2.75) is 20.1 Å². The standard InChI is InChI=1S/C12H12FN3O3/c1-2-15-7-9(6-14-15)8-19-10-3-4-12(16(17)18)11(13)5-10/h3-7H,2,8H2,1H3. The van der Waals surface area contributed by atoms with Crippen molar-refractivity contribution in [3.05, 3.63) is 52.1 Å². The van der Waals surface area contributed by atoms with Crippen LogP contribution in [0.1, 0.15) is 12.5 Å². The van der Waals surface area contributed by atoms with Gasteiger partial charge in [-0.2, -0.15) is 9.49 Å². The van der Waals surface area contributed by atoms with E-state index >= 15 is 0 Å². The number of nitro groups is 1. The second-order valence-corrected chi connectivity index (χ2v) is 3.86. The van der Waals surface area contributed by atoms with Crippen LogP contribution in [0.3, 0.4) is 0 Å². The van der Waals surface area contributed by atoms with Crippen molar-refractivity contribution in [1.29, 1.82) is 0 Å². The quantitative estimate of drug-likeness (QED) is 0.615. The molecule has 0 atom stereocenters. The molecular weight excluding hydrogens is 253 g/mol. The van der Waals surface area contributed by atoms with E-state index in [0.29, 0.717) is 0 Å². The molecule has 1 aromatic carbocycles. The number of ether oxygens (including phenoxy) is 1. The van der Waals surface area contributed by atoms with E-state index in [9.17, 15) is 14.5 Å². The summed E-state index contributed by atoms with van der Waals surface area (Å²) in [7, 11) is 0. The zero-order valence-electron chi connectivity index (χ0n) is 10.2. The zero-order valence-corrected chi connectivity index (χ0v) is 10.2. The van der Waals surface area contributed by atoms with Crippen molar-refractivity contribution in [1.82, 2.24) is 9.78 Å². The first kappa shape index (κ1) is 13.0. The molecular formula is C12H12FN3O3. The van der Waals surface area contributed by atoms with Crippen molar-refractivity contribution < 1.29 is 14.1 Å². The fourth-order valence-electron chi connectivity index (χ4n) is 1.55. The van der Waals surface area contributed by atoms with Gasteiger partial charge in [0.1, 0.15) is 12.4 Å². The summed E-state index contributed by atoms with van der Waals surface area (Å²) in [6.45, 7) is 2.95. The van der Waals surface area contributed by atoms with E-state index in [0.717, 1.165) is 24.2 Å². The van der Waals surface area contributed by atoms with E-state index in [1.807, 2.05) is 13.1 Å². The van der Waals surface area contributed by atoms with Gasteiger partial charge in [0, 0.05) is 30.4 Å². The number of hydrogen-bond donors (Lipinski definition) is 0. The molecule has 0 saturated heterocycles. The van der Waals surface area contributed by atoms with Crippen LogP contribution in [0.2, 0.25) is 0 Å². The van der Waals surface area contributed by atoms with E-state index in [1.165, 1.54) is 6.07 Å². The van der Waals surface area contributed by atoms with Crippen LogP contribution in [-0.4, -0.2) is 14.7 Å². The van der Waals surface area contributed by atoms with Gasteiger partial charge in [0.2, 0.25) is 5.82 Å². The predicted octanol–water partition coefficient (Wildman–Crippen LogP) is 2.53. The maximum absolute atomic E-state index is 13.3. The highest BCUT2D eigenvalue weighted by atomic mass is 19.1. The largest absolute Gasteiger partial charge is 0.489 e. The molecule has 100 valence electrons. The second kappa shape index (κ2) is 5.47. The number of aryl methyl sites for hydroxylation is 1. The summed E-state index contributed by atoms with van der Waals surface area (Å²) in [4.78, 5) is 9.69. The van der Waals surface area contributed by atoms with Gasteiger partial charge in [0.05, 0.1) is 11.1 Å². The fourth-order valence-corrected chi connectivity index (χ4v) is 1.55. The fraction of sp³-hybridized carbons (Fsp3) is 0.250. The minimum atomic E-state index is -0.910. The lowest BCUT2D eigenvalue weighted by Gasteiger charge is -2.04. The van der Waals surface area contributed by atoms with Crippen LogP contribution in [0.5, 0.6) is 5.75 Å². The average molecular weight is 265 g/mol. The summed E-state index contributed by atoms with van der Waals surface area (Å²) in [5.74, 6) is -0.667. The SMILES string of the molecule is CCn1cc(COc2ccc([N+](=O)[O-])c(F)c2)cn1. The Kier molecular flexibility index (Phi) is 3.74.